The Kier molecular flexibility index (Phi) is 6.93. The normalized spacial score (nSPS) is 15.6. The Morgan fingerprint density at radius 2 is 1.86 bits per heavy atom. The fourth-order valence-electron chi connectivity index (χ4n) is 3.70. The van der Waals surface area contributed by atoms with Crippen LogP contribution in [-0.2, 0) is 21.4 Å². The third-order valence-electron chi connectivity index (χ3n) is 5.35. The molecule has 1 aliphatic heterocycles. The summed E-state index contributed by atoms with van der Waals surface area (Å²) in [5.41, 5.74) is 2.06. The average Bonchev–Trinajstić information content (AvgIpc) is 2.74. The molecule has 1 amide bonds. The minimum Gasteiger partial charge on any atom is -0.497 e. The maximum atomic E-state index is 12.6. The monoisotopic (exact) mass is 383 g/mol. The van der Waals surface area contributed by atoms with Gasteiger partial charge in [-0.15, -0.1) is 0 Å². The summed E-state index contributed by atoms with van der Waals surface area (Å²) in [7, 11) is 1.63. The van der Waals surface area contributed by atoms with E-state index in [1.54, 1.807) is 7.11 Å². The number of ether oxygens (including phenoxy) is 3. The first-order chi connectivity index (χ1) is 13.6. The zero-order valence-electron chi connectivity index (χ0n) is 16.7. The lowest BCUT2D eigenvalue weighted by Gasteiger charge is -2.38. The Morgan fingerprint density at radius 1 is 1.11 bits per heavy atom. The Labute approximate surface area is 167 Å². The van der Waals surface area contributed by atoms with Crippen LogP contribution in [0.1, 0.15) is 30.9 Å². The molecule has 2 aromatic carbocycles. The van der Waals surface area contributed by atoms with Crippen molar-refractivity contribution in [2.75, 3.05) is 33.5 Å². The molecule has 0 bridgehead atoms. The van der Waals surface area contributed by atoms with Crippen molar-refractivity contribution < 1.29 is 19.0 Å². The number of benzene rings is 2. The smallest absolute Gasteiger partial charge is 0.224 e. The molecule has 1 fully saturated rings. The first-order valence-electron chi connectivity index (χ1n) is 9.86. The second-order valence-corrected chi connectivity index (χ2v) is 7.16. The molecule has 0 aliphatic carbocycles. The number of carbonyl (C=O) groups is 1. The first-order valence-corrected chi connectivity index (χ1v) is 9.86. The van der Waals surface area contributed by atoms with Crippen molar-refractivity contribution >= 4 is 5.91 Å². The van der Waals surface area contributed by atoms with Crippen LogP contribution in [0.4, 0.5) is 0 Å². The topological polar surface area (TPSA) is 56.8 Å². The summed E-state index contributed by atoms with van der Waals surface area (Å²) in [5, 5.41) is 3.15. The average molecular weight is 383 g/mol. The third-order valence-corrected chi connectivity index (χ3v) is 5.35. The van der Waals surface area contributed by atoms with Gasteiger partial charge in [0.1, 0.15) is 11.5 Å². The predicted molar refractivity (Wildman–Crippen MR) is 109 cm³/mol. The summed E-state index contributed by atoms with van der Waals surface area (Å²) in [6, 6.07) is 15.9. The van der Waals surface area contributed by atoms with E-state index in [2.05, 4.69) is 17.4 Å². The standard InChI is InChI=1S/C23H29NO4/c1-3-28-20-9-7-19(8-10-20)23(11-13-27-14-12-23)17-24-22(25)16-18-5-4-6-21(15-18)26-2/h4-10,15H,3,11-14,16-17H2,1-2H3,(H,24,25). The van der Waals surface area contributed by atoms with Crippen LogP contribution in [-0.4, -0.2) is 39.4 Å². The molecule has 5 heteroatoms. The Morgan fingerprint density at radius 3 is 2.54 bits per heavy atom. The van der Waals surface area contributed by atoms with E-state index in [1.807, 2.05) is 43.3 Å². The second-order valence-electron chi connectivity index (χ2n) is 7.16. The molecule has 0 atom stereocenters. The van der Waals surface area contributed by atoms with Crippen molar-refractivity contribution in [3.05, 3.63) is 59.7 Å². The number of hydrogen-bond acceptors (Lipinski definition) is 4. The van der Waals surface area contributed by atoms with Crippen LogP contribution in [0, 0.1) is 0 Å². The number of rotatable bonds is 8. The highest BCUT2D eigenvalue weighted by Crippen LogP contribution is 2.35. The van der Waals surface area contributed by atoms with Crippen LogP contribution in [0.3, 0.4) is 0 Å². The minimum atomic E-state index is -0.104. The highest BCUT2D eigenvalue weighted by atomic mass is 16.5. The van der Waals surface area contributed by atoms with Crippen molar-refractivity contribution in [2.24, 2.45) is 0 Å². The molecule has 1 saturated heterocycles. The molecule has 3 rings (SSSR count). The van der Waals surface area contributed by atoms with E-state index in [4.69, 9.17) is 14.2 Å². The van der Waals surface area contributed by atoms with Gasteiger partial charge in [-0.2, -0.15) is 0 Å². The van der Waals surface area contributed by atoms with Crippen LogP contribution in [0.15, 0.2) is 48.5 Å². The molecule has 1 aliphatic rings. The van der Waals surface area contributed by atoms with Gasteiger partial charge >= 0.3 is 0 Å². The summed E-state index contributed by atoms with van der Waals surface area (Å²) in [4.78, 5) is 12.6. The molecule has 2 aromatic rings. The van der Waals surface area contributed by atoms with Gasteiger partial charge in [-0.25, -0.2) is 0 Å². The fourth-order valence-corrected chi connectivity index (χ4v) is 3.70. The number of carbonyl (C=O) groups excluding carboxylic acids is 1. The quantitative estimate of drug-likeness (QED) is 0.758. The van der Waals surface area contributed by atoms with Gasteiger partial charge in [-0.05, 0) is 55.2 Å². The molecule has 0 saturated carbocycles. The molecular formula is C23H29NO4. The minimum absolute atomic E-state index is 0.0186. The van der Waals surface area contributed by atoms with Crippen molar-refractivity contribution in [2.45, 2.75) is 31.6 Å². The van der Waals surface area contributed by atoms with Crippen molar-refractivity contribution in [3.63, 3.8) is 0 Å². The largest absolute Gasteiger partial charge is 0.497 e. The number of nitrogens with one attached hydrogen (secondary N) is 1. The van der Waals surface area contributed by atoms with Crippen LogP contribution in [0.25, 0.3) is 0 Å². The number of amides is 1. The molecular weight excluding hydrogens is 354 g/mol. The zero-order valence-corrected chi connectivity index (χ0v) is 16.7. The van der Waals surface area contributed by atoms with Crippen LogP contribution in [0.2, 0.25) is 0 Å². The Balaban J connectivity index is 1.67. The van der Waals surface area contributed by atoms with E-state index in [1.165, 1.54) is 5.56 Å². The summed E-state index contributed by atoms with van der Waals surface area (Å²) in [6.07, 6.45) is 2.12. The van der Waals surface area contributed by atoms with Crippen LogP contribution in [0.5, 0.6) is 11.5 Å². The highest BCUT2D eigenvalue weighted by Gasteiger charge is 2.34. The molecule has 1 heterocycles. The molecule has 0 spiro atoms. The van der Waals surface area contributed by atoms with Crippen molar-refractivity contribution in [3.8, 4) is 11.5 Å². The number of hydrogen-bond donors (Lipinski definition) is 1. The summed E-state index contributed by atoms with van der Waals surface area (Å²) in [5.74, 6) is 1.65. The van der Waals surface area contributed by atoms with Gasteiger partial charge < -0.3 is 19.5 Å². The Hall–Kier alpha value is -2.53. The molecule has 5 nitrogen and oxygen atoms in total. The van der Waals surface area contributed by atoms with E-state index < -0.39 is 0 Å². The van der Waals surface area contributed by atoms with E-state index in [9.17, 15) is 4.79 Å². The van der Waals surface area contributed by atoms with E-state index >= 15 is 0 Å². The third kappa shape index (κ3) is 5.04. The lowest BCUT2D eigenvalue weighted by Crippen LogP contribution is -2.45. The summed E-state index contributed by atoms with van der Waals surface area (Å²) in [6.45, 7) is 4.65. The highest BCUT2D eigenvalue weighted by molar-refractivity contribution is 5.78. The van der Waals surface area contributed by atoms with E-state index in [0.717, 1.165) is 29.9 Å². The van der Waals surface area contributed by atoms with Gasteiger partial charge in [0.2, 0.25) is 5.91 Å². The molecule has 0 aromatic heterocycles. The maximum Gasteiger partial charge on any atom is 0.224 e. The van der Waals surface area contributed by atoms with Gasteiger partial charge in [0.25, 0.3) is 0 Å². The molecule has 150 valence electrons. The van der Waals surface area contributed by atoms with E-state index in [-0.39, 0.29) is 11.3 Å². The van der Waals surface area contributed by atoms with Crippen molar-refractivity contribution in [1.29, 1.82) is 0 Å². The zero-order chi connectivity index (χ0) is 19.8. The van der Waals surface area contributed by atoms with Gasteiger partial charge in [-0.3, -0.25) is 4.79 Å². The van der Waals surface area contributed by atoms with Gasteiger partial charge in [0.05, 0.1) is 20.1 Å². The molecule has 0 radical (unpaired) electrons. The fraction of sp³-hybridized carbons (Fsp3) is 0.435. The molecule has 28 heavy (non-hydrogen) atoms. The van der Waals surface area contributed by atoms with Gasteiger partial charge in [0.15, 0.2) is 0 Å². The lowest BCUT2D eigenvalue weighted by atomic mass is 9.74. The van der Waals surface area contributed by atoms with Crippen molar-refractivity contribution in [1.82, 2.24) is 5.32 Å². The molecule has 1 N–H and O–H groups in total. The van der Waals surface area contributed by atoms with Gasteiger partial charge in [-0.1, -0.05) is 24.3 Å². The first kappa shape index (κ1) is 20.2. The Bertz CT molecular complexity index is 766. The SMILES string of the molecule is CCOc1ccc(C2(CNC(=O)Cc3cccc(OC)c3)CCOCC2)cc1. The maximum absolute atomic E-state index is 12.6. The van der Waals surface area contributed by atoms with Gasteiger partial charge in [0, 0.05) is 25.2 Å². The molecule has 0 unspecified atom stereocenters. The van der Waals surface area contributed by atoms with E-state index in [0.29, 0.717) is 32.8 Å². The number of methoxy groups -OCH3 is 1. The second kappa shape index (κ2) is 9.60. The van der Waals surface area contributed by atoms with Crippen LogP contribution < -0.4 is 14.8 Å². The lowest BCUT2D eigenvalue weighted by molar-refractivity contribution is -0.120. The van der Waals surface area contributed by atoms with Crippen LogP contribution >= 0.6 is 0 Å². The predicted octanol–water partition coefficient (Wildman–Crippen LogP) is 3.50. The summed E-state index contributed by atoms with van der Waals surface area (Å²) < 4.78 is 16.4. The summed E-state index contributed by atoms with van der Waals surface area (Å²) >= 11 is 0.